The largest absolute Gasteiger partial charge is 0.363 e. The molecule has 2 aromatic carbocycles. The minimum Gasteiger partial charge on any atom is -0.363 e. The molecule has 1 saturated heterocycles. The Morgan fingerprint density at radius 3 is 2.56 bits per heavy atom. The number of carbonyl (C=O) groups is 1. The highest BCUT2D eigenvalue weighted by Crippen LogP contribution is 2.28. The van der Waals surface area contributed by atoms with Crippen molar-refractivity contribution in [2.75, 3.05) is 42.9 Å². The summed E-state index contributed by atoms with van der Waals surface area (Å²) in [5.74, 6) is -0.125. The Bertz CT molecular complexity index is 851. The number of benzene rings is 2. The van der Waals surface area contributed by atoms with E-state index in [9.17, 15) is 14.9 Å². The van der Waals surface area contributed by atoms with Crippen LogP contribution < -0.4 is 10.2 Å². The van der Waals surface area contributed by atoms with E-state index >= 15 is 0 Å². The molecule has 142 valence electrons. The van der Waals surface area contributed by atoms with E-state index in [1.807, 2.05) is 28.9 Å². The van der Waals surface area contributed by atoms with Gasteiger partial charge in [-0.3, -0.25) is 19.8 Å². The average Bonchev–Trinajstić information content (AvgIpc) is 2.64. The number of hydrogen-bond acceptors (Lipinski definition) is 5. The van der Waals surface area contributed by atoms with E-state index in [1.165, 1.54) is 6.07 Å². The lowest BCUT2D eigenvalue weighted by Gasteiger charge is -2.35. The number of nitrogens with one attached hydrogen (secondary N) is 1. The molecular formula is C19H21ClN4O3. The smallest absolute Gasteiger partial charge is 0.292 e. The lowest BCUT2D eigenvalue weighted by Crippen LogP contribution is -2.48. The normalized spacial score (nSPS) is 14.8. The van der Waals surface area contributed by atoms with E-state index in [2.05, 4.69) is 5.32 Å². The maximum atomic E-state index is 12.3. The fourth-order valence-corrected chi connectivity index (χ4v) is 3.43. The maximum Gasteiger partial charge on any atom is 0.292 e. The number of nitro groups is 1. The molecule has 1 heterocycles. The van der Waals surface area contributed by atoms with E-state index in [-0.39, 0.29) is 23.1 Å². The van der Waals surface area contributed by atoms with Crippen molar-refractivity contribution in [3.05, 3.63) is 63.2 Å². The molecule has 1 fully saturated rings. The van der Waals surface area contributed by atoms with Gasteiger partial charge in [-0.1, -0.05) is 29.8 Å². The standard InChI is InChI=1S/C19H21ClN4O3/c1-14-6-7-16(15(20)12-14)21-19(25)13-22-8-10-23(11-9-22)17-4-2-3-5-18(17)24(26)27/h2-7,12H,8-11,13H2,1H3,(H,21,25). The first-order valence-corrected chi connectivity index (χ1v) is 9.08. The number of piperazine rings is 1. The molecule has 27 heavy (non-hydrogen) atoms. The van der Waals surface area contributed by atoms with Crippen LogP contribution in [-0.2, 0) is 4.79 Å². The van der Waals surface area contributed by atoms with Crippen molar-refractivity contribution in [2.24, 2.45) is 0 Å². The first kappa shape index (κ1) is 19.1. The van der Waals surface area contributed by atoms with Crippen molar-refractivity contribution < 1.29 is 9.72 Å². The number of anilines is 2. The average molecular weight is 389 g/mol. The molecule has 1 amide bonds. The predicted octanol–water partition coefficient (Wildman–Crippen LogP) is 3.32. The zero-order valence-corrected chi connectivity index (χ0v) is 15.8. The zero-order chi connectivity index (χ0) is 19.4. The lowest BCUT2D eigenvalue weighted by atomic mass is 10.2. The molecule has 8 heteroatoms. The molecule has 1 aliphatic rings. The van der Waals surface area contributed by atoms with Crippen molar-refractivity contribution in [1.82, 2.24) is 4.90 Å². The molecular weight excluding hydrogens is 368 g/mol. The second-order valence-electron chi connectivity index (χ2n) is 6.54. The van der Waals surface area contributed by atoms with Crippen LogP contribution in [0.25, 0.3) is 0 Å². The first-order valence-electron chi connectivity index (χ1n) is 8.71. The topological polar surface area (TPSA) is 78.7 Å². The van der Waals surface area contributed by atoms with E-state index in [0.29, 0.717) is 42.6 Å². The Labute approximate surface area is 162 Å². The Balaban J connectivity index is 1.55. The number of aryl methyl sites for hydroxylation is 1. The molecule has 1 aliphatic heterocycles. The summed E-state index contributed by atoms with van der Waals surface area (Å²) in [6, 6.07) is 12.2. The van der Waals surface area contributed by atoms with Crippen LogP contribution in [0.1, 0.15) is 5.56 Å². The number of para-hydroxylation sites is 2. The molecule has 0 aliphatic carbocycles. The Morgan fingerprint density at radius 2 is 1.89 bits per heavy atom. The second kappa shape index (κ2) is 8.37. The summed E-state index contributed by atoms with van der Waals surface area (Å²) >= 11 is 6.15. The van der Waals surface area contributed by atoms with Crippen molar-refractivity contribution >= 4 is 34.6 Å². The van der Waals surface area contributed by atoms with E-state index in [1.54, 1.807) is 24.3 Å². The number of amides is 1. The SMILES string of the molecule is Cc1ccc(NC(=O)CN2CCN(c3ccccc3[N+](=O)[O-])CC2)c(Cl)c1. The van der Waals surface area contributed by atoms with Crippen LogP contribution in [0.5, 0.6) is 0 Å². The molecule has 0 saturated carbocycles. The number of hydrogen-bond donors (Lipinski definition) is 1. The van der Waals surface area contributed by atoms with Gasteiger partial charge in [0.1, 0.15) is 5.69 Å². The summed E-state index contributed by atoms with van der Waals surface area (Å²) in [7, 11) is 0. The number of nitro benzene ring substituents is 1. The number of carbonyl (C=O) groups excluding carboxylic acids is 1. The quantitative estimate of drug-likeness (QED) is 0.628. The van der Waals surface area contributed by atoms with Crippen molar-refractivity contribution in [3.8, 4) is 0 Å². The highest BCUT2D eigenvalue weighted by molar-refractivity contribution is 6.33. The van der Waals surface area contributed by atoms with Crippen LogP contribution in [0, 0.1) is 17.0 Å². The molecule has 0 atom stereocenters. The number of nitrogens with zero attached hydrogens (tertiary/aromatic N) is 3. The van der Waals surface area contributed by atoms with Gasteiger partial charge in [0.2, 0.25) is 5.91 Å². The van der Waals surface area contributed by atoms with Crippen molar-refractivity contribution in [2.45, 2.75) is 6.92 Å². The Morgan fingerprint density at radius 1 is 1.19 bits per heavy atom. The summed E-state index contributed by atoms with van der Waals surface area (Å²) in [6.07, 6.45) is 0. The predicted molar refractivity (Wildman–Crippen MR) is 107 cm³/mol. The molecule has 0 bridgehead atoms. The van der Waals surface area contributed by atoms with Crippen LogP contribution in [0.15, 0.2) is 42.5 Å². The van der Waals surface area contributed by atoms with E-state index in [4.69, 9.17) is 11.6 Å². The second-order valence-corrected chi connectivity index (χ2v) is 6.95. The summed E-state index contributed by atoms with van der Waals surface area (Å²) in [6.45, 7) is 4.76. The van der Waals surface area contributed by atoms with Gasteiger partial charge in [0.15, 0.2) is 0 Å². The third-order valence-electron chi connectivity index (χ3n) is 4.56. The van der Waals surface area contributed by atoms with Crippen LogP contribution in [0.2, 0.25) is 5.02 Å². The van der Waals surface area contributed by atoms with Gasteiger partial charge in [0.05, 0.1) is 22.2 Å². The lowest BCUT2D eigenvalue weighted by molar-refractivity contribution is -0.384. The fourth-order valence-electron chi connectivity index (χ4n) is 3.15. The van der Waals surface area contributed by atoms with Crippen LogP contribution in [0.4, 0.5) is 17.1 Å². The third-order valence-corrected chi connectivity index (χ3v) is 4.87. The molecule has 0 unspecified atom stereocenters. The minimum absolute atomic E-state index is 0.109. The van der Waals surface area contributed by atoms with Gasteiger partial charge in [-0.2, -0.15) is 0 Å². The highest BCUT2D eigenvalue weighted by atomic mass is 35.5. The minimum atomic E-state index is -0.361. The summed E-state index contributed by atoms with van der Waals surface area (Å²) in [5.41, 5.74) is 2.37. The first-order chi connectivity index (χ1) is 12.9. The van der Waals surface area contributed by atoms with Crippen molar-refractivity contribution in [3.63, 3.8) is 0 Å². The third kappa shape index (κ3) is 4.75. The number of rotatable bonds is 5. The molecule has 7 nitrogen and oxygen atoms in total. The highest BCUT2D eigenvalue weighted by Gasteiger charge is 2.24. The van der Waals surface area contributed by atoms with E-state index < -0.39 is 0 Å². The van der Waals surface area contributed by atoms with Gasteiger partial charge in [-0.05, 0) is 30.7 Å². The zero-order valence-electron chi connectivity index (χ0n) is 15.0. The molecule has 0 radical (unpaired) electrons. The monoisotopic (exact) mass is 388 g/mol. The molecule has 0 aromatic heterocycles. The molecule has 0 spiro atoms. The van der Waals surface area contributed by atoms with Crippen LogP contribution >= 0.6 is 11.6 Å². The number of halogens is 1. The summed E-state index contributed by atoms with van der Waals surface area (Å²) < 4.78 is 0. The molecule has 1 N–H and O–H groups in total. The van der Waals surface area contributed by atoms with Crippen molar-refractivity contribution in [1.29, 1.82) is 0 Å². The fraction of sp³-hybridized carbons (Fsp3) is 0.316. The summed E-state index contributed by atoms with van der Waals surface area (Å²) in [5, 5.41) is 14.6. The van der Waals surface area contributed by atoms with Crippen LogP contribution in [0.3, 0.4) is 0 Å². The Kier molecular flexibility index (Phi) is 5.93. The van der Waals surface area contributed by atoms with Gasteiger partial charge in [0.25, 0.3) is 5.69 Å². The van der Waals surface area contributed by atoms with Gasteiger partial charge in [-0.15, -0.1) is 0 Å². The van der Waals surface area contributed by atoms with E-state index in [0.717, 1.165) is 5.56 Å². The van der Waals surface area contributed by atoms with Gasteiger partial charge in [0, 0.05) is 32.2 Å². The van der Waals surface area contributed by atoms with Crippen LogP contribution in [-0.4, -0.2) is 48.5 Å². The molecule has 2 aromatic rings. The maximum absolute atomic E-state index is 12.3. The molecule has 3 rings (SSSR count). The van der Waals surface area contributed by atoms with Gasteiger partial charge < -0.3 is 10.2 Å². The van der Waals surface area contributed by atoms with Gasteiger partial charge in [-0.25, -0.2) is 0 Å². The van der Waals surface area contributed by atoms with Gasteiger partial charge >= 0.3 is 0 Å². The Hall–Kier alpha value is -2.64. The summed E-state index contributed by atoms with van der Waals surface area (Å²) in [4.78, 5) is 27.2.